The van der Waals surface area contributed by atoms with Crippen molar-refractivity contribution in [2.24, 2.45) is 4.99 Å². The first-order valence-corrected chi connectivity index (χ1v) is 9.37. The molecule has 7 nitrogen and oxygen atoms in total. The molecule has 0 aliphatic rings. The maximum absolute atomic E-state index is 13.7. The van der Waals surface area contributed by atoms with Gasteiger partial charge in [-0.25, -0.2) is 14.4 Å². The molecule has 3 rings (SSSR count). The predicted octanol–water partition coefficient (Wildman–Crippen LogP) is 2.85. The average molecular weight is 396 g/mol. The summed E-state index contributed by atoms with van der Waals surface area (Å²) >= 11 is 0. The fraction of sp³-hybridized carbons (Fsp3) is 0.286. The molecule has 3 aromatic rings. The standard InChI is InChI=1S/C21H25FN6O/c1-15(29-19-7-5-4-6-18(19)22)12-26-21(23-3)27-14-17-8-9-20(25-13-17)28-11-10-24-16(28)2/h4-11,13,15H,12,14H2,1-3H3,(H2,23,26,27). The van der Waals surface area contributed by atoms with Gasteiger partial charge in [0, 0.05) is 32.2 Å². The van der Waals surface area contributed by atoms with Crippen molar-refractivity contribution in [1.29, 1.82) is 0 Å². The molecule has 152 valence electrons. The zero-order chi connectivity index (χ0) is 20.6. The zero-order valence-electron chi connectivity index (χ0n) is 16.8. The van der Waals surface area contributed by atoms with Gasteiger partial charge in [-0.3, -0.25) is 9.56 Å². The maximum Gasteiger partial charge on any atom is 0.191 e. The SMILES string of the molecule is CN=C(NCc1ccc(-n2ccnc2C)nc1)NCC(C)Oc1ccccc1F. The minimum Gasteiger partial charge on any atom is -0.486 e. The number of aromatic nitrogens is 3. The van der Waals surface area contributed by atoms with E-state index in [0.717, 1.165) is 17.2 Å². The highest BCUT2D eigenvalue weighted by atomic mass is 19.1. The molecule has 0 aliphatic carbocycles. The fourth-order valence-corrected chi connectivity index (χ4v) is 2.73. The van der Waals surface area contributed by atoms with Crippen LogP contribution in [0.2, 0.25) is 0 Å². The van der Waals surface area contributed by atoms with Crippen LogP contribution in [0.3, 0.4) is 0 Å². The second-order valence-corrected chi connectivity index (χ2v) is 6.53. The maximum atomic E-state index is 13.7. The first kappa shape index (κ1) is 20.3. The van der Waals surface area contributed by atoms with Crippen LogP contribution in [0.1, 0.15) is 18.3 Å². The molecule has 2 N–H and O–H groups in total. The van der Waals surface area contributed by atoms with E-state index in [1.54, 1.807) is 31.4 Å². The molecule has 2 aromatic heterocycles. The number of halogens is 1. The quantitative estimate of drug-likeness (QED) is 0.474. The number of guanidine groups is 1. The van der Waals surface area contributed by atoms with Crippen molar-refractivity contribution < 1.29 is 9.13 Å². The van der Waals surface area contributed by atoms with E-state index in [2.05, 4.69) is 25.6 Å². The lowest BCUT2D eigenvalue weighted by molar-refractivity contribution is 0.214. The molecule has 0 saturated carbocycles. The molecule has 8 heteroatoms. The summed E-state index contributed by atoms with van der Waals surface area (Å²) < 4.78 is 21.2. The Labute approximate surface area is 169 Å². The molecule has 0 bridgehead atoms. The molecule has 1 aromatic carbocycles. The van der Waals surface area contributed by atoms with Crippen molar-refractivity contribution >= 4 is 5.96 Å². The van der Waals surface area contributed by atoms with E-state index in [1.807, 2.05) is 42.9 Å². The Hall–Kier alpha value is -3.42. The summed E-state index contributed by atoms with van der Waals surface area (Å²) in [6, 6.07) is 10.3. The highest BCUT2D eigenvalue weighted by Crippen LogP contribution is 2.16. The van der Waals surface area contributed by atoms with Gasteiger partial charge in [-0.05, 0) is 37.6 Å². The van der Waals surface area contributed by atoms with E-state index in [9.17, 15) is 4.39 Å². The van der Waals surface area contributed by atoms with Crippen LogP contribution in [0.5, 0.6) is 5.75 Å². The van der Waals surface area contributed by atoms with Gasteiger partial charge in [-0.15, -0.1) is 0 Å². The van der Waals surface area contributed by atoms with Crippen LogP contribution in [-0.4, -0.2) is 40.2 Å². The Bertz CT molecular complexity index is 954. The third-order valence-corrected chi connectivity index (χ3v) is 4.29. The van der Waals surface area contributed by atoms with Gasteiger partial charge in [0.1, 0.15) is 17.7 Å². The molecule has 0 radical (unpaired) electrons. The van der Waals surface area contributed by atoms with Crippen molar-refractivity contribution in [2.45, 2.75) is 26.5 Å². The first-order valence-electron chi connectivity index (χ1n) is 9.37. The van der Waals surface area contributed by atoms with Gasteiger partial charge in [0.2, 0.25) is 0 Å². The summed E-state index contributed by atoms with van der Waals surface area (Å²) in [6.07, 6.45) is 5.22. The van der Waals surface area contributed by atoms with Crippen molar-refractivity contribution in [1.82, 2.24) is 25.2 Å². The number of hydrogen-bond donors (Lipinski definition) is 2. The van der Waals surface area contributed by atoms with Gasteiger partial charge in [0.25, 0.3) is 0 Å². The summed E-state index contributed by atoms with van der Waals surface area (Å²) in [7, 11) is 1.70. The third-order valence-electron chi connectivity index (χ3n) is 4.29. The second-order valence-electron chi connectivity index (χ2n) is 6.53. The number of imidazole rings is 1. The Morgan fingerprint density at radius 3 is 2.69 bits per heavy atom. The largest absolute Gasteiger partial charge is 0.486 e. The summed E-state index contributed by atoms with van der Waals surface area (Å²) in [5.74, 6) is 2.21. The minimum absolute atomic E-state index is 0.232. The summed E-state index contributed by atoms with van der Waals surface area (Å²) in [4.78, 5) is 12.9. The summed E-state index contributed by atoms with van der Waals surface area (Å²) in [5, 5.41) is 6.41. The van der Waals surface area contributed by atoms with Crippen molar-refractivity contribution in [3.05, 3.63) is 72.2 Å². The lowest BCUT2D eigenvalue weighted by Gasteiger charge is -2.18. The number of pyridine rings is 1. The topological polar surface area (TPSA) is 76.4 Å². The zero-order valence-corrected chi connectivity index (χ0v) is 16.8. The number of nitrogens with one attached hydrogen (secondary N) is 2. The van der Waals surface area contributed by atoms with Crippen LogP contribution in [0.15, 0.2) is 60.0 Å². The number of benzene rings is 1. The van der Waals surface area contributed by atoms with Crippen LogP contribution in [0.25, 0.3) is 5.82 Å². The molecule has 0 spiro atoms. The molecule has 1 atom stereocenters. The Morgan fingerprint density at radius 1 is 1.21 bits per heavy atom. The number of ether oxygens (including phenoxy) is 1. The number of nitrogens with zero attached hydrogens (tertiary/aromatic N) is 4. The Kier molecular flexibility index (Phi) is 6.78. The van der Waals surface area contributed by atoms with E-state index in [1.165, 1.54) is 6.07 Å². The number of aliphatic imine (C=N–C) groups is 1. The highest BCUT2D eigenvalue weighted by Gasteiger charge is 2.09. The molecule has 0 aliphatic heterocycles. The van der Waals surface area contributed by atoms with E-state index in [4.69, 9.17) is 4.74 Å². The van der Waals surface area contributed by atoms with Crippen LogP contribution in [0, 0.1) is 12.7 Å². The highest BCUT2D eigenvalue weighted by molar-refractivity contribution is 5.79. The number of para-hydroxylation sites is 1. The fourth-order valence-electron chi connectivity index (χ4n) is 2.73. The van der Waals surface area contributed by atoms with Crippen LogP contribution in [-0.2, 0) is 6.54 Å². The lowest BCUT2D eigenvalue weighted by Crippen LogP contribution is -2.41. The van der Waals surface area contributed by atoms with E-state index in [0.29, 0.717) is 19.0 Å². The summed E-state index contributed by atoms with van der Waals surface area (Å²) in [6.45, 7) is 4.85. The van der Waals surface area contributed by atoms with Gasteiger partial charge < -0.3 is 15.4 Å². The molecule has 0 amide bonds. The Morgan fingerprint density at radius 2 is 2.03 bits per heavy atom. The molecular weight excluding hydrogens is 371 g/mol. The van der Waals surface area contributed by atoms with Crippen molar-refractivity contribution in [2.75, 3.05) is 13.6 Å². The van der Waals surface area contributed by atoms with Crippen LogP contribution in [0.4, 0.5) is 4.39 Å². The van der Waals surface area contributed by atoms with E-state index in [-0.39, 0.29) is 17.7 Å². The van der Waals surface area contributed by atoms with Crippen molar-refractivity contribution in [3.8, 4) is 11.6 Å². The van der Waals surface area contributed by atoms with Crippen LogP contribution < -0.4 is 15.4 Å². The summed E-state index contributed by atoms with van der Waals surface area (Å²) in [5.41, 5.74) is 1.02. The normalized spacial score (nSPS) is 12.5. The minimum atomic E-state index is -0.372. The molecule has 2 heterocycles. The monoisotopic (exact) mass is 396 g/mol. The molecule has 0 saturated heterocycles. The second kappa shape index (κ2) is 9.68. The smallest absolute Gasteiger partial charge is 0.191 e. The van der Waals surface area contributed by atoms with Gasteiger partial charge in [0.05, 0.1) is 6.54 Å². The molecule has 0 fully saturated rings. The van der Waals surface area contributed by atoms with Crippen molar-refractivity contribution in [3.63, 3.8) is 0 Å². The predicted molar refractivity (Wildman–Crippen MR) is 111 cm³/mol. The Balaban J connectivity index is 1.48. The van der Waals surface area contributed by atoms with E-state index >= 15 is 0 Å². The average Bonchev–Trinajstić information content (AvgIpc) is 3.16. The van der Waals surface area contributed by atoms with Gasteiger partial charge in [-0.2, -0.15) is 0 Å². The number of aryl methyl sites for hydroxylation is 1. The van der Waals surface area contributed by atoms with Gasteiger partial charge >= 0.3 is 0 Å². The molecule has 1 unspecified atom stereocenters. The van der Waals surface area contributed by atoms with Gasteiger partial charge in [-0.1, -0.05) is 18.2 Å². The molecular formula is C21H25FN6O. The van der Waals surface area contributed by atoms with Crippen LogP contribution >= 0.6 is 0 Å². The number of rotatable bonds is 7. The third kappa shape index (κ3) is 5.54. The van der Waals surface area contributed by atoms with Gasteiger partial charge in [0.15, 0.2) is 17.5 Å². The lowest BCUT2D eigenvalue weighted by atomic mass is 10.3. The number of hydrogen-bond acceptors (Lipinski definition) is 4. The molecule has 29 heavy (non-hydrogen) atoms. The van der Waals surface area contributed by atoms with E-state index < -0.39 is 0 Å². The first-order chi connectivity index (χ1) is 14.1.